The molecule has 5 nitrogen and oxygen atoms in total. The zero-order valence-electron chi connectivity index (χ0n) is 14.5. The summed E-state index contributed by atoms with van der Waals surface area (Å²) < 4.78 is 68.0. The average molecular weight is 477 g/mol. The van der Waals surface area contributed by atoms with Crippen molar-refractivity contribution in [1.82, 2.24) is 4.31 Å². The summed E-state index contributed by atoms with van der Waals surface area (Å²) in [4.78, 5) is 12.2. The maximum absolute atomic E-state index is 14.2. The van der Waals surface area contributed by atoms with Gasteiger partial charge in [-0.2, -0.15) is 4.31 Å². The first-order valence-electron chi connectivity index (χ1n) is 8.46. The topological polar surface area (TPSA) is 66.5 Å². The zero-order valence-corrected chi connectivity index (χ0v) is 16.9. The van der Waals surface area contributed by atoms with Gasteiger partial charge in [-0.25, -0.2) is 21.6 Å². The number of benzene rings is 2. The fraction of sp³-hybridized carbons (Fsp3) is 0.278. The number of hydrogen-bond acceptors (Lipinski definition) is 3. The van der Waals surface area contributed by atoms with Gasteiger partial charge in [0.2, 0.25) is 10.0 Å². The zero-order chi connectivity index (χ0) is 20.5. The normalized spacial score (nSPS) is 15.4. The lowest BCUT2D eigenvalue weighted by Crippen LogP contribution is -2.35. The Balaban J connectivity index is 1.92. The van der Waals surface area contributed by atoms with E-state index >= 15 is 0 Å². The van der Waals surface area contributed by atoms with Crippen LogP contribution in [0.15, 0.2) is 39.7 Å². The number of nitrogens with one attached hydrogen (secondary N) is 1. The predicted molar refractivity (Wildman–Crippen MR) is 101 cm³/mol. The van der Waals surface area contributed by atoms with Crippen molar-refractivity contribution in [3.63, 3.8) is 0 Å². The summed E-state index contributed by atoms with van der Waals surface area (Å²) in [6, 6.07) is 4.39. The second-order valence-corrected chi connectivity index (χ2v) is 9.10. The summed E-state index contributed by atoms with van der Waals surface area (Å²) in [5.41, 5.74) is -0.941. The van der Waals surface area contributed by atoms with Crippen molar-refractivity contribution < 1.29 is 26.4 Å². The molecule has 1 saturated heterocycles. The van der Waals surface area contributed by atoms with Gasteiger partial charge in [-0.05, 0) is 53.0 Å². The van der Waals surface area contributed by atoms with Crippen molar-refractivity contribution in [2.24, 2.45) is 0 Å². The van der Waals surface area contributed by atoms with Crippen LogP contribution in [0.4, 0.5) is 18.9 Å². The van der Waals surface area contributed by atoms with E-state index in [1.165, 1.54) is 4.31 Å². The van der Waals surface area contributed by atoms with Crippen LogP contribution in [0.25, 0.3) is 0 Å². The molecule has 1 fully saturated rings. The van der Waals surface area contributed by atoms with Crippen molar-refractivity contribution in [1.29, 1.82) is 0 Å². The number of halogens is 4. The monoisotopic (exact) mass is 476 g/mol. The summed E-state index contributed by atoms with van der Waals surface area (Å²) in [6.45, 7) is 0.712. The molecule has 1 N–H and O–H groups in total. The third kappa shape index (κ3) is 4.23. The molecule has 3 rings (SSSR count). The van der Waals surface area contributed by atoms with Crippen LogP contribution in [0.2, 0.25) is 0 Å². The van der Waals surface area contributed by atoms with Gasteiger partial charge in [0.25, 0.3) is 5.91 Å². The summed E-state index contributed by atoms with van der Waals surface area (Å²) >= 11 is 2.92. The maximum Gasteiger partial charge on any atom is 0.258 e. The third-order valence-electron chi connectivity index (χ3n) is 4.38. The van der Waals surface area contributed by atoms with E-state index in [1.54, 1.807) is 0 Å². The molecular formula is C18H16BrF3N2O3S. The van der Waals surface area contributed by atoms with Gasteiger partial charge in [0, 0.05) is 23.6 Å². The lowest BCUT2D eigenvalue weighted by molar-refractivity contribution is 0.102. The molecular weight excluding hydrogens is 461 g/mol. The summed E-state index contributed by atoms with van der Waals surface area (Å²) in [5, 5.41) is 2.15. The van der Waals surface area contributed by atoms with Gasteiger partial charge in [0.15, 0.2) is 5.82 Å². The van der Waals surface area contributed by atoms with E-state index in [0.29, 0.717) is 19.2 Å². The Hall–Kier alpha value is -1.91. The molecule has 0 saturated carbocycles. The van der Waals surface area contributed by atoms with Crippen molar-refractivity contribution in [2.75, 3.05) is 18.4 Å². The largest absolute Gasteiger partial charge is 0.318 e. The van der Waals surface area contributed by atoms with Gasteiger partial charge in [-0.15, -0.1) is 0 Å². The summed E-state index contributed by atoms with van der Waals surface area (Å²) in [5.74, 6) is -3.94. The molecule has 150 valence electrons. The number of nitrogens with zero attached hydrogens (tertiary/aromatic N) is 1. The lowest BCUT2D eigenvalue weighted by Gasteiger charge is -2.26. The molecule has 1 aliphatic heterocycles. The van der Waals surface area contributed by atoms with Gasteiger partial charge >= 0.3 is 0 Å². The molecule has 28 heavy (non-hydrogen) atoms. The molecule has 2 aromatic rings. The molecule has 1 aliphatic rings. The number of amides is 1. The van der Waals surface area contributed by atoms with Crippen LogP contribution in [0.3, 0.4) is 0 Å². The average Bonchev–Trinajstić information content (AvgIpc) is 2.65. The lowest BCUT2D eigenvalue weighted by atomic mass is 10.2. The van der Waals surface area contributed by atoms with E-state index in [2.05, 4.69) is 21.2 Å². The minimum absolute atomic E-state index is 0.0733. The van der Waals surface area contributed by atoms with Crippen LogP contribution in [-0.2, 0) is 10.0 Å². The molecule has 1 heterocycles. The van der Waals surface area contributed by atoms with E-state index in [1.807, 2.05) is 0 Å². The molecule has 0 radical (unpaired) electrons. The van der Waals surface area contributed by atoms with E-state index in [0.717, 1.165) is 43.5 Å². The molecule has 10 heteroatoms. The number of piperidine rings is 1. The van der Waals surface area contributed by atoms with Crippen molar-refractivity contribution in [2.45, 2.75) is 24.2 Å². The van der Waals surface area contributed by atoms with E-state index in [4.69, 9.17) is 0 Å². The van der Waals surface area contributed by atoms with Gasteiger partial charge < -0.3 is 5.32 Å². The van der Waals surface area contributed by atoms with Crippen LogP contribution in [0, 0.1) is 17.5 Å². The molecule has 0 aliphatic carbocycles. The molecule has 2 aromatic carbocycles. The second kappa shape index (κ2) is 8.22. The molecule has 0 spiro atoms. The Kier molecular flexibility index (Phi) is 6.11. The standard InChI is InChI=1S/C18H16BrF3N2O3S/c19-14-8-11(20)9-16(22)17(14)23-18(25)13-10-12(4-5-15(13)21)28(26,27)24-6-2-1-3-7-24/h4-5,8-10H,1-3,6-7H2,(H,23,25). The summed E-state index contributed by atoms with van der Waals surface area (Å²) in [6.07, 6.45) is 2.39. The second-order valence-electron chi connectivity index (χ2n) is 6.30. The minimum Gasteiger partial charge on any atom is -0.318 e. The highest BCUT2D eigenvalue weighted by Gasteiger charge is 2.28. The van der Waals surface area contributed by atoms with Gasteiger partial charge in [-0.1, -0.05) is 6.42 Å². The van der Waals surface area contributed by atoms with Crippen LogP contribution in [0.1, 0.15) is 29.6 Å². The van der Waals surface area contributed by atoms with Crippen LogP contribution in [0.5, 0.6) is 0 Å². The number of sulfonamides is 1. The van der Waals surface area contributed by atoms with Crippen molar-refractivity contribution in [3.8, 4) is 0 Å². The van der Waals surface area contributed by atoms with Crippen LogP contribution < -0.4 is 5.32 Å². The Morgan fingerprint density at radius 1 is 1.00 bits per heavy atom. The minimum atomic E-state index is -3.88. The Morgan fingerprint density at radius 2 is 1.68 bits per heavy atom. The quantitative estimate of drug-likeness (QED) is 0.715. The number of hydrogen-bond donors (Lipinski definition) is 1. The molecule has 0 aromatic heterocycles. The number of anilines is 1. The maximum atomic E-state index is 14.2. The van der Waals surface area contributed by atoms with E-state index < -0.39 is 38.9 Å². The highest BCUT2D eigenvalue weighted by atomic mass is 79.9. The first-order chi connectivity index (χ1) is 13.2. The van der Waals surface area contributed by atoms with Crippen LogP contribution in [-0.4, -0.2) is 31.7 Å². The van der Waals surface area contributed by atoms with Crippen molar-refractivity contribution >= 4 is 37.5 Å². The fourth-order valence-electron chi connectivity index (χ4n) is 2.94. The Bertz CT molecular complexity index is 1000. The first-order valence-corrected chi connectivity index (χ1v) is 10.7. The molecule has 0 atom stereocenters. The van der Waals surface area contributed by atoms with Gasteiger partial charge in [0.05, 0.1) is 16.1 Å². The predicted octanol–water partition coefficient (Wildman–Crippen LogP) is 4.29. The van der Waals surface area contributed by atoms with Crippen LogP contribution >= 0.6 is 15.9 Å². The first kappa shape index (κ1) is 20.8. The van der Waals surface area contributed by atoms with E-state index in [-0.39, 0.29) is 15.1 Å². The number of carbonyl (C=O) groups is 1. The Morgan fingerprint density at radius 3 is 2.32 bits per heavy atom. The molecule has 0 bridgehead atoms. The fourth-order valence-corrected chi connectivity index (χ4v) is 4.99. The third-order valence-corrected chi connectivity index (χ3v) is 6.90. The SMILES string of the molecule is O=C(Nc1c(F)cc(F)cc1Br)c1cc(S(=O)(=O)N2CCCCC2)ccc1F. The number of rotatable bonds is 4. The molecule has 0 unspecified atom stereocenters. The molecule has 1 amide bonds. The highest BCUT2D eigenvalue weighted by Crippen LogP contribution is 2.28. The van der Waals surface area contributed by atoms with E-state index in [9.17, 15) is 26.4 Å². The highest BCUT2D eigenvalue weighted by molar-refractivity contribution is 9.10. The Labute approximate surface area is 168 Å². The van der Waals surface area contributed by atoms with Crippen molar-refractivity contribution in [3.05, 3.63) is 57.8 Å². The summed E-state index contributed by atoms with van der Waals surface area (Å²) in [7, 11) is -3.88. The van der Waals surface area contributed by atoms with Gasteiger partial charge in [-0.3, -0.25) is 4.79 Å². The smallest absolute Gasteiger partial charge is 0.258 e. The number of carbonyl (C=O) groups excluding carboxylic acids is 1. The van der Waals surface area contributed by atoms with Gasteiger partial charge in [0.1, 0.15) is 11.6 Å².